The minimum atomic E-state index is -3.55. The lowest BCUT2D eigenvalue weighted by Crippen LogP contribution is -2.50. The van der Waals surface area contributed by atoms with Crippen LogP contribution >= 0.6 is 0 Å². The maximum Gasteiger partial charge on any atom is 0.258 e. The third-order valence-electron chi connectivity index (χ3n) is 6.84. The molecule has 0 radical (unpaired) electrons. The minimum absolute atomic E-state index is 0.183. The van der Waals surface area contributed by atoms with Crippen molar-refractivity contribution in [3.8, 4) is 17.2 Å². The lowest BCUT2D eigenvalue weighted by Gasteiger charge is -2.42. The Kier molecular flexibility index (Phi) is 7.01. The second-order valence-corrected chi connectivity index (χ2v) is 17.2. The molecule has 1 heterocycles. The van der Waals surface area contributed by atoms with E-state index in [0.29, 0.717) is 22.4 Å². The number of rotatable bonds is 7. The zero-order valence-electron chi connectivity index (χ0n) is 20.4. The van der Waals surface area contributed by atoms with Crippen LogP contribution in [0.25, 0.3) is 0 Å². The summed E-state index contributed by atoms with van der Waals surface area (Å²) in [5.74, 6) is 1.54. The van der Waals surface area contributed by atoms with Crippen LogP contribution in [-0.2, 0) is 9.84 Å². The number of sulfone groups is 1. The SMILES string of the molecule is COc1cccc2c1O[C@@H](c1ccc(O[Si](C(C)C)(C(C)C)C(C)C)cc1)[C@H](C)S2(=O)=O. The van der Waals surface area contributed by atoms with Gasteiger partial charge in [-0.3, -0.25) is 0 Å². The second kappa shape index (κ2) is 9.10. The Morgan fingerprint density at radius 2 is 1.47 bits per heavy atom. The fourth-order valence-electron chi connectivity index (χ4n) is 5.20. The summed E-state index contributed by atoms with van der Waals surface area (Å²) >= 11 is 0. The summed E-state index contributed by atoms with van der Waals surface area (Å²) in [7, 11) is -4.11. The molecule has 0 spiro atoms. The molecule has 2 aromatic rings. The van der Waals surface area contributed by atoms with Crippen LogP contribution in [0, 0.1) is 0 Å². The first-order valence-corrected chi connectivity index (χ1v) is 15.0. The second-order valence-electron chi connectivity index (χ2n) is 9.56. The molecule has 2 aromatic carbocycles. The molecule has 0 aromatic heterocycles. The van der Waals surface area contributed by atoms with Crippen LogP contribution in [-0.4, -0.2) is 29.1 Å². The van der Waals surface area contributed by atoms with Crippen LogP contribution in [0.15, 0.2) is 47.4 Å². The van der Waals surface area contributed by atoms with Gasteiger partial charge in [0.15, 0.2) is 21.3 Å². The number of hydrogen-bond acceptors (Lipinski definition) is 5. The predicted molar refractivity (Wildman–Crippen MR) is 131 cm³/mol. The predicted octanol–water partition coefficient (Wildman–Crippen LogP) is 6.55. The van der Waals surface area contributed by atoms with E-state index in [9.17, 15) is 8.42 Å². The molecule has 0 fully saturated rings. The average Bonchev–Trinajstić information content (AvgIpc) is 2.74. The van der Waals surface area contributed by atoms with Gasteiger partial charge in [-0.25, -0.2) is 8.42 Å². The van der Waals surface area contributed by atoms with Gasteiger partial charge in [-0.2, -0.15) is 0 Å². The van der Waals surface area contributed by atoms with E-state index < -0.39 is 29.5 Å². The maximum absolute atomic E-state index is 13.2. The zero-order valence-corrected chi connectivity index (χ0v) is 22.2. The largest absolute Gasteiger partial charge is 0.543 e. The summed E-state index contributed by atoms with van der Waals surface area (Å²) in [6, 6.07) is 12.7. The first-order chi connectivity index (χ1) is 15.0. The molecule has 3 rings (SSSR count). The van der Waals surface area contributed by atoms with E-state index in [-0.39, 0.29) is 10.6 Å². The third kappa shape index (κ3) is 4.05. The Labute approximate surface area is 194 Å². The first kappa shape index (κ1) is 24.6. The van der Waals surface area contributed by atoms with Crippen LogP contribution in [0.2, 0.25) is 16.6 Å². The fourth-order valence-corrected chi connectivity index (χ4v) is 12.1. The summed E-state index contributed by atoms with van der Waals surface area (Å²) in [4.78, 5) is 0.183. The van der Waals surface area contributed by atoms with Gasteiger partial charge < -0.3 is 13.9 Å². The van der Waals surface area contributed by atoms with E-state index in [1.54, 1.807) is 25.1 Å². The number of benzene rings is 2. The van der Waals surface area contributed by atoms with Crippen molar-refractivity contribution in [3.63, 3.8) is 0 Å². The zero-order chi connectivity index (χ0) is 23.8. The highest BCUT2D eigenvalue weighted by Crippen LogP contribution is 2.46. The summed E-state index contributed by atoms with van der Waals surface area (Å²) < 4.78 is 44.7. The number of methoxy groups -OCH3 is 1. The van der Waals surface area contributed by atoms with Gasteiger partial charge in [0.2, 0.25) is 0 Å². The van der Waals surface area contributed by atoms with Gasteiger partial charge in [-0.1, -0.05) is 59.7 Å². The molecule has 0 bridgehead atoms. The topological polar surface area (TPSA) is 61.8 Å². The molecule has 7 heteroatoms. The van der Waals surface area contributed by atoms with Gasteiger partial charge in [0.1, 0.15) is 22.0 Å². The van der Waals surface area contributed by atoms with E-state index in [1.807, 2.05) is 24.3 Å². The van der Waals surface area contributed by atoms with Crippen molar-refractivity contribution in [2.75, 3.05) is 7.11 Å². The highest BCUT2D eigenvalue weighted by Gasteiger charge is 2.47. The quantitative estimate of drug-likeness (QED) is 0.424. The van der Waals surface area contributed by atoms with Crippen molar-refractivity contribution in [2.24, 2.45) is 0 Å². The maximum atomic E-state index is 13.2. The Balaban J connectivity index is 1.95. The number of para-hydroxylation sites is 1. The van der Waals surface area contributed by atoms with Gasteiger partial charge in [-0.15, -0.1) is 0 Å². The van der Waals surface area contributed by atoms with Crippen LogP contribution in [0.4, 0.5) is 0 Å². The molecule has 0 N–H and O–H groups in total. The molecule has 0 unspecified atom stereocenters. The minimum Gasteiger partial charge on any atom is -0.543 e. The molecule has 176 valence electrons. The van der Waals surface area contributed by atoms with Crippen molar-refractivity contribution in [1.29, 1.82) is 0 Å². The third-order valence-corrected chi connectivity index (χ3v) is 15.0. The molecule has 2 atom stereocenters. The number of hydrogen-bond donors (Lipinski definition) is 0. The summed E-state index contributed by atoms with van der Waals surface area (Å²) in [5.41, 5.74) is 2.21. The van der Waals surface area contributed by atoms with E-state index >= 15 is 0 Å². The molecule has 0 amide bonds. The molecule has 32 heavy (non-hydrogen) atoms. The highest BCUT2D eigenvalue weighted by atomic mass is 32.2. The van der Waals surface area contributed by atoms with Gasteiger partial charge in [0.05, 0.1) is 7.11 Å². The van der Waals surface area contributed by atoms with E-state index in [0.717, 1.165) is 11.3 Å². The Hall–Kier alpha value is -1.99. The van der Waals surface area contributed by atoms with E-state index in [2.05, 4.69) is 41.5 Å². The Bertz CT molecular complexity index is 1020. The fraction of sp³-hybridized carbons (Fsp3) is 0.520. The summed E-state index contributed by atoms with van der Waals surface area (Å²) in [5, 5.41) is -0.718. The van der Waals surface area contributed by atoms with Gasteiger partial charge >= 0.3 is 0 Å². The van der Waals surface area contributed by atoms with Crippen molar-refractivity contribution in [1.82, 2.24) is 0 Å². The molecule has 0 saturated carbocycles. The number of ether oxygens (including phenoxy) is 2. The summed E-state index contributed by atoms with van der Waals surface area (Å²) in [6.45, 7) is 15.2. The molecule has 1 aliphatic heterocycles. The number of fused-ring (bicyclic) bond motifs is 1. The van der Waals surface area contributed by atoms with Gasteiger partial charge in [0.25, 0.3) is 8.32 Å². The van der Waals surface area contributed by atoms with Crippen molar-refractivity contribution >= 4 is 18.2 Å². The van der Waals surface area contributed by atoms with Crippen molar-refractivity contribution in [3.05, 3.63) is 48.0 Å². The molecule has 1 aliphatic rings. The Morgan fingerprint density at radius 3 is 1.97 bits per heavy atom. The molecule has 0 saturated heterocycles. The van der Waals surface area contributed by atoms with E-state index in [1.165, 1.54) is 7.11 Å². The average molecular weight is 477 g/mol. The van der Waals surface area contributed by atoms with Crippen molar-refractivity contribution in [2.45, 2.75) is 81.3 Å². The van der Waals surface area contributed by atoms with Gasteiger partial charge in [0, 0.05) is 0 Å². The first-order valence-electron chi connectivity index (χ1n) is 11.3. The van der Waals surface area contributed by atoms with Crippen molar-refractivity contribution < 1.29 is 22.3 Å². The van der Waals surface area contributed by atoms with Crippen LogP contribution in [0.3, 0.4) is 0 Å². The Morgan fingerprint density at radius 1 is 0.906 bits per heavy atom. The molecule has 5 nitrogen and oxygen atoms in total. The van der Waals surface area contributed by atoms with Crippen LogP contribution in [0.5, 0.6) is 17.2 Å². The lowest BCUT2D eigenvalue weighted by molar-refractivity contribution is 0.180. The van der Waals surface area contributed by atoms with E-state index in [4.69, 9.17) is 13.9 Å². The summed E-state index contributed by atoms with van der Waals surface area (Å²) in [6.07, 6.45) is -0.625. The van der Waals surface area contributed by atoms with Crippen LogP contribution in [0.1, 0.15) is 60.1 Å². The highest BCUT2D eigenvalue weighted by molar-refractivity contribution is 7.92. The normalized spacial score (nSPS) is 20.2. The molecular weight excluding hydrogens is 440 g/mol. The monoisotopic (exact) mass is 476 g/mol. The molecular formula is C25H36O5SSi. The molecule has 0 aliphatic carbocycles. The lowest BCUT2D eigenvalue weighted by atomic mass is 10.1. The standard InChI is InChI=1S/C25H36O5SSi/c1-16(2)32(17(3)4,18(5)6)30-21-14-12-20(13-15-21)24-19(7)31(26,27)23-11-9-10-22(28-8)25(23)29-24/h9-19,24H,1-8H3/t19-,24+/m0/s1. The smallest absolute Gasteiger partial charge is 0.258 e. The van der Waals surface area contributed by atoms with Gasteiger partial charge in [-0.05, 0) is 53.4 Å². The van der Waals surface area contributed by atoms with Crippen LogP contribution < -0.4 is 13.9 Å².